The Morgan fingerprint density at radius 1 is 1.05 bits per heavy atom. The number of halogens is 1. The summed E-state index contributed by atoms with van der Waals surface area (Å²) >= 11 is 6.17. The number of nitrogens with one attached hydrogen (secondary N) is 2. The van der Waals surface area contributed by atoms with Crippen LogP contribution in [0, 0.1) is 13.8 Å². The maximum absolute atomic E-state index is 6.17. The minimum atomic E-state index is 0.0138. The van der Waals surface area contributed by atoms with Crippen LogP contribution in [0.15, 0.2) is 24.3 Å². The third-order valence-corrected chi connectivity index (χ3v) is 4.11. The summed E-state index contributed by atoms with van der Waals surface area (Å²) in [5.74, 6) is 1.17. The van der Waals surface area contributed by atoms with Gasteiger partial charge in [0.05, 0.1) is 0 Å². The van der Waals surface area contributed by atoms with Crippen LogP contribution in [0.3, 0.4) is 0 Å². The first-order valence-corrected chi connectivity index (χ1v) is 7.06. The molecule has 0 amide bonds. The molecule has 3 heterocycles. The number of aromatic amines is 2. The Bertz CT molecular complexity index is 790. The molecule has 0 unspecified atom stereocenters. The van der Waals surface area contributed by atoms with E-state index in [9.17, 15) is 0 Å². The molecule has 6 heteroatoms. The summed E-state index contributed by atoms with van der Waals surface area (Å²) in [6, 6.07) is 7.87. The van der Waals surface area contributed by atoms with Gasteiger partial charge in [-0.2, -0.15) is 0 Å². The average molecular weight is 301 g/mol. The monoisotopic (exact) mass is 300 g/mol. The first-order valence-electron chi connectivity index (χ1n) is 6.68. The van der Waals surface area contributed by atoms with Crippen molar-refractivity contribution in [1.82, 2.24) is 20.4 Å². The summed E-state index contributed by atoms with van der Waals surface area (Å²) in [4.78, 5) is 0. The van der Waals surface area contributed by atoms with Gasteiger partial charge in [0.2, 0.25) is 11.8 Å². The Morgan fingerprint density at radius 2 is 1.67 bits per heavy atom. The molecular weight excluding hydrogens is 288 g/mol. The van der Waals surface area contributed by atoms with Crippen molar-refractivity contribution in [3.8, 4) is 11.8 Å². The molecule has 106 valence electrons. The number of aromatic nitrogens is 4. The first-order chi connectivity index (χ1) is 10.1. The number of hydrogen-bond donors (Lipinski definition) is 2. The Kier molecular flexibility index (Phi) is 2.59. The molecule has 4 rings (SSSR count). The van der Waals surface area contributed by atoms with E-state index in [0.29, 0.717) is 16.8 Å². The Balaban J connectivity index is 2.00. The zero-order valence-electron chi connectivity index (χ0n) is 11.6. The van der Waals surface area contributed by atoms with Gasteiger partial charge in [0, 0.05) is 33.5 Å². The molecule has 0 fully saturated rings. The molecule has 1 aromatic carbocycles. The maximum Gasteiger partial charge on any atom is 0.244 e. The standard InChI is InChI=1S/C15H13ClN4O/c1-7-11-13(9-4-3-5-10(16)6-9)12-8(2)18-20-15(12)21-14(11)19-17-7/h3-6,13H,1-2H3,(H,17,19)(H,18,20). The van der Waals surface area contributed by atoms with Crippen LogP contribution in [0.4, 0.5) is 0 Å². The van der Waals surface area contributed by atoms with Crippen molar-refractivity contribution in [3.63, 3.8) is 0 Å². The highest BCUT2D eigenvalue weighted by Gasteiger charge is 2.35. The molecule has 0 spiro atoms. The van der Waals surface area contributed by atoms with E-state index < -0.39 is 0 Å². The number of ether oxygens (including phenoxy) is 1. The van der Waals surface area contributed by atoms with E-state index in [2.05, 4.69) is 26.5 Å². The van der Waals surface area contributed by atoms with Crippen molar-refractivity contribution < 1.29 is 4.74 Å². The van der Waals surface area contributed by atoms with Crippen LogP contribution in [-0.2, 0) is 0 Å². The summed E-state index contributed by atoms with van der Waals surface area (Å²) < 4.78 is 5.78. The Morgan fingerprint density at radius 3 is 2.24 bits per heavy atom. The van der Waals surface area contributed by atoms with Gasteiger partial charge in [-0.3, -0.25) is 10.2 Å². The first kappa shape index (κ1) is 12.5. The molecule has 0 radical (unpaired) electrons. The van der Waals surface area contributed by atoms with E-state index in [-0.39, 0.29) is 5.92 Å². The number of aryl methyl sites for hydroxylation is 2. The fourth-order valence-corrected chi connectivity index (χ4v) is 3.12. The Hall–Kier alpha value is -2.27. The largest absolute Gasteiger partial charge is 0.417 e. The van der Waals surface area contributed by atoms with Gasteiger partial charge in [0.15, 0.2) is 0 Å². The van der Waals surface area contributed by atoms with Gasteiger partial charge in [0.25, 0.3) is 0 Å². The molecular formula is C15H13ClN4O. The molecule has 0 bridgehead atoms. The van der Waals surface area contributed by atoms with Crippen LogP contribution < -0.4 is 4.74 Å². The predicted octanol–water partition coefficient (Wildman–Crippen LogP) is 3.69. The van der Waals surface area contributed by atoms with Crippen LogP contribution in [0.2, 0.25) is 5.02 Å². The number of benzene rings is 1. The molecule has 3 aromatic rings. The van der Waals surface area contributed by atoms with Crippen molar-refractivity contribution in [2.45, 2.75) is 19.8 Å². The van der Waals surface area contributed by atoms with Crippen LogP contribution >= 0.6 is 11.6 Å². The third-order valence-electron chi connectivity index (χ3n) is 3.87. The second-order valence-electron chi connectivity index (χ2n) is 5.22. The van der Waals surface area contributed by atoms with E-state index in [0.717, 1.165) is 28.1 Å². The lowest BCUT2D eigenvalue weighted by Gasteiger charge is -2.23. The molecule has 5 nitrogen and oxygen atoms in total. The van der Waals surface area contributed by atoms with Gasteiger partial charge in [-0.05, 0) is 31.5 Å². The van der Waals surface area contributed by atoms with Crippen LogP contribution in [-0.4, -0.2) is 20.4 Å². The topological polar surface area (TPSA) is 66.6 Å². The van der Waals surface area contributed by atoms with Gasteiger partial charge in [-0.15, -0.1) is 10.2 Å². The molecule has 0 saturated heterocycles. The summed E-state index contributed by atoms with van der Waals surface area (Å²) in [5, 5.41) is 15.2. The maximum atomic E-state index is 6.17. The summed E-state index contributed by atoms with van der Waals surface area (Å²) in [6.07, 6.45) is 0. The highest BCUT2D eigenvalue weighted by molar-refractivity contribution is 6.30. The highest BCUT2D eigenvalue weighted by atomic mass is 35.5. The van der Waals surface area contributed by atoms with E-state index in [4.69, 9.17) is 16.3 Å². The molecule has 2 aromatic heterocycles. The van der Waals surface area contributed by atoms with E-state index in [1.165, 1.54) is 0 Å². The molecule has 0 atom stereocenters. The van der Waals surface area contributed by atoms with Crippen molar-refractivity contribution >= 4 is 11.6 Å². The number of nitrogens with zero attached hydrogens (tertiary/aromatic N) is 2. The zero-order chi connectivity index (χ0) is 14.6. The molecule has 0 saturated carbocycles. The normalized spacial score (nSPS) is 13.7. The van der Waals surface area contributed by atoms with Crippen LogP contribution in [0.5, 0.6) is 11.8 Å². The average Bonchev–Trinajstić information content (AvgIpc) is 3.02. The molecule has 1 aliphatic rings. The van der Waals surface area contributed by atoms with E-state index >= 15 is 0 Å². The molecule has 0 aliphatic carbocycles. The SMILES string of the molecule is Cc1[nH]nc2c1C(c1cccc(Cl)c1)c1c(n[nH]c1C)O2. The van der Waals surface area contributed by atoms with E-state index in [1.54, 1.807) is 0 Å². The van der Waals surface area contributed by atoms with Gasteiger partial charge >= 0.3 is 0 Å². The van der Waals surface area contributed by atoms with Crippen LogP contribution in [0.1, 0.15) is 34.0 Å². The molecule has 2 N–H and O–H groups in total. The molecule has 21 heavy (non-hydrogen) atoms. The summed E-state index contributed by atoms with van der Waals surface area (Å²) in [7, 11) is 0. The lowest BCUT2D eigenvalue weighted by molar-refractivity contribution is 0.418. The lowest BCUT2D eigenvalue weighted by Crippen LogP contribution is -2.11. The second kappa shape index (κ2) is 4.36. The number of H-pyrrole nitrogens is 2. The predicted molar refractivity (Wildman–Crippen MR) is 79.1 cm³/mol. The molecule has 1 aliphatic heterocycles. The highest BCUT2D eigenvalue weighted by Crippen LogP contribution is 2.48. The quantitative estimate of drug-likeness (QED) is 0.563. The third kappa shape index (κ3) is 1.77. The van der Waals surface area contributed by atoms with Crippen molar-refractivity contribution in [2.75, 3.05) is 0 Å². The van der Waals surface area contributed by atoms with Crippen molar-refractivity contribution in [2.24, 2.45) is 0 Å². The van der Waals surface area contributed by atoms with Gasteiger partial charge in [0.1, 0.15) is 0 Å². The van der Waals surface area contributed by atoms with Gasteiger partial charge in [-0.1, -0.05) is 23.7 Å². The van der Waals surface area contributed by atoms with Gasteiger partial charge in [-0.25, -0.2) is 0 Å². The van der Waals surface area contributed by atoms with Crippen molar-refractivity contribution in [3.05, 3.63) is 57.4 Å². The lowest BCUT2D eigenvalue weighted by atomic mass is 9.84. The van der Waals surface area contributed by atoms with Crippen molar-refractivity contribution in [1.29, 1.82) is 0 Å². The fourth-order valence-electron chi connectivity index (χ4n) is 2.92. The van der Waals surface area contributed by atoms with Crippen LogP contribution in [0.25, 0.3) is 0 Å². The minimum absolute atomic E-state index is 0.0138. The zero-order valence-corrected chi connectivity index (χ0v) is 12.3. The summed E-state index contributed by atoms with van der Waals surface area (Å²) in [5.41, 5.74) is 5.15. The van der Waals surface area contributed by atoms with E-state index in [1.807, 2.05) is 32.0 Å². The minimum Gasteiger partial charge on any atom is -0.417 e. The fraction of sp³-hybridized carbons (Fsp3) is 0.200. The number of rotatable bonds is 1. The smallest absolute Gasteiger partial charge is 0.244 e. The Labute approximate surface area is 126 Å². The number of hydrogen-bond acceptors (Lipinski definition) is 3. The second-order valence-corrected chi connectivity index (χ2v) is 5.66. The van der Waals surface area contributed by atoms with Gasteiger partial charge < -0.3 is 4.74 Å². The summed E-state index contributed by atoms with van der Waals surface area (Å²) in [6.45, 7) is 3.99. The number of fused-ring (bicyclic) bond motifs is 2.